The van der Waals surface area contributed by atoms with Crippen LogP contribution < -0.4 is 9.47 Å². The Labute approximate surface area is 200 Å². The number of unbranched alkanes of at least 4 members (excludes halogenated alkanes) is 3. The molecule has 0 atom stereocenters. The Hall–Kier alpha value is -1.84. The average molecular weight is 457 g/mol. The summed E-state index contributed by atoms with van der Waals surface area (Å²) < 4.78 is 10.9. The van der Waals surface area contributed by atoms with Crippen LogP contribution in [-0.4, -0.2) is 11.9 Å². The van der Waals surface area contributed by atoms with Crippen molar-refractivity contribution in [2.45, 2.75) is 110 Å². The SMILES string of the molecule is CCCCCCC1CCC(C2CCC(C(=O)Oc3ccc(OC(=O)CCC)cc3)CC2)CC1. The van der Waals surface area contributed by atoms with Crippen molar-refractivity contribution in [1.29, 1.82) is 0 Å². The van der Waals surface area contributed by atoms with Gasteiger partial charge in [-0.1, -0.05) is 58.8 Å². The van der Waals surface area contributed by atoms with Crippen LogP contribution in [0, 0.1) is 23.7 Å². The molecule has 1 aromatic rings. The minimum Gasteiger partial charge on any atom is -0.427 e. The maximum atomic E-state index is 12.7. The molecule has 2 aliphatic rings. The molecule has 184 valence electrons. The van der Waals surface area contributed by atoms with Crippen LogP contribution in [0.15, 0.2) is 24.3 Å². The molecule has 2 saturated carbocycles. The molecule has 0 aromatic heterocycles. The summed E-state index contributed by atoms with van der Waals surface area (Å²) in [7, 11) is 0. The highest BCUT2D eigenvalue weighted by molar-refractivity contribution is 5.75. The number of esters is 2. The van der Waals surface area contributed by atoms with E-state index in [9.17, 15) is 9.59 Å². The van der Waals surface area contributed by atoms with E-state index in [1.54, 1.807) is 24.3 Å². The largest absolute Gasteiger partial charge is 0.427 e. The smallest absolute Gasteiger partial charge is 0.314 e. The minimum atomic E-state index is -0.237. The Morgan fingerprint density at radius 1 is 0.727 bits per heavy atom. The van der Waals surface area contributed by atoms with Crippen molar-refractivity contribution in [2.75, 3.05) is 0 Å². The van der Waals surface area contributed by atoms with Gasteiger partial charge in [0.2, 0.25) is 0 Å². The van der Waals surface area contributed by atoms with Crippen LogP contribution in [0.3, 0.4) is 0 Å². The fourth-order valence-electron chi connectivity index (χ4n) is 5.80. The second-order valence-corrected chi connectivity index (χ2v) is 10.4. The fraction of sp³-hybridized carbons (Fsp3) is 0.724. The monoisotopic (exact) mass is 456 g/mol. The second-order valence-electron chi connectivity index (χ2n) is 10.4. The van der Waals surface area contributed by atoms with Crippen molar-refractivity contribution >= 4 is 11.9 Å². The lowest BCUT2D eigenvalue weighted by Gasteiger charge is -2.37. The number of rotatable bonds is 11. The van der Waals surface area contributed by atoms with E-state index in [4.69, 9.17) is 9.47 Å². The highest BCUT2D eigenvalue weighted by Gasteiger charge is 2.33. The van der Waals surface area contributed by atoms with Crippen LogP contribution in [0.5, 0.6) is 11.5 Å². The van der Waals surface area contributed by atoms with Crippen molar-refractivity contribution in [3.63, 3.8) is 0 Å². The standard InChI is InChI=1S/C29H44O4/c1-3-5-6-7-9-22-10-12-23(13-11-22)24-14-16-25(17-15-24)29(31)33-27-20-18-26(19-21-27)32-28(30)8-4-2/h18-25H,3-17H2,1-2H3. The predicted octanol–water partition coefficient (Wildman–Crippen LogP) is 7.88. The summed E-state index contributed by atoms with van der Waals surface area (Å²) in [5.74, 6) is 3.31. The van der Waals surface area contributed by atoms with E-state index >= 15 is 0 Å². The van der Waals surface area contributed by atoms with E-state index < -0.39 is 0 Å². The Morgan fingerprint density at radius 2 is 1.30 bits per heavy atom. The highest BCUT2D eigenvalue weighted by Crippen LogP contribution is 2.42. The first-order chi connectivity index (χ1) is 16.1. The highest BCUT2D eigenvalue weighted by atomic mass is 16.5. The van der Waals surface area contributed by atoms with E-state index in [-0.39, 0.29) is 17.9 Å². The molecule has 0 unspecified atom stereocenters. The van der Waals surface area contributed by atoms with E-state index in [0.29, 0.717) is 17.9 Å². The normalized spacial score (nSPS) is 25.4. The lowest BCUT2D eigenvalue weighted by molar-refractivity contribution is -0.140. The Kier molecular flexibility index (Phi) is 10.8. The fourth-order valence-corrected chi connectivity index (χ4v) is 5.80. The summed E-state index contributed by atoms with van der Waals surface area (Å²) in [6, 6.07) is 6.79. The Balaban J connectivity index is 1.35. The van der Waals surface area contributed by atoms with Gasteiger partial charge in [-0.15, -0.1) is 0 Å². The molecule has 2 fully saturated rings. The first-order valence-corrected chi connectivity index (χ1v) is 13.6. The van der Waals surface area contributed by atoms with Crippen LogP contribution in [0.4, 0.5) is 0 Å². The molecule has 0 aliphatic heterocycles. The van der Waals surface area contributed by atoms with Gasteiger partial charge in [0, 0.05) is 6.42 Å². The molecular weight excluding hydrogens is 412 g/mol. The summed E-state index contributed by atoms with van der Waals surface area (Å²) in [4.78, 5) is 24.3. The summed E-state index contributed by atoms with van der Waals surface area (Å²) in [5.41, 5.74) is 0. The molecule has 4 nitrogen and oxygen atoms in total. The summed E-state index contributed by atoms with van der Waals surface area (Å²) in [6.07, 6.45) is 18.0. The van der Waals surface area contributed by atoms with Crippen LogP contribution in [0.2, 0.25) is 0 Å². The average Bonchev–Trinajstić information content (AvgIpc) is 2.84. The molecule has 4 heteroatoms. The summed E-state index contributed by atoms with van der Waals surface area (Å²) in [5, 5.41) is 0. The molecule has 3 rings (SSSR count). The van der Waals surface area contributed by atoms with Gasteiger partial charge in [-0.3, -0.25) is 9.59 Å². The number of ether oxygens (including phenoxy) is 2. The van der Waals surface area contributed by atoms with Gasteiger partial charge in [0.05, 0.1) is 5.92 Å². The quantitative estimate of drug-likeness (QED) is 0.193. The van der Waals surface area contributed by atoms with E-state index in [2.05, 4.69) is 6.92 Å². The third-order valence-electron chi connectivity index (χ3n) is 7.86. The maximum absolute atomic E-state index is 12.7. The number of carbonyl (C=O) groups is 2. The summed E-state index contributed by atoms with van der Waals surface area (Å²) >= 11 is 0. The van der Waals surface area contributed by atoms with Gasteiger partial charge >= 0.3 is 11.9 Å². The molecule has 0 saturated heterocycles. The van der Waals surface area contributed by atoms with Gasteiger partial charge in [-0.25, -0.2) is 0 Å². The van der Waals surface area contributed by atoms with E-state index in [1.807, 2.05) is 6.92 Å². The van der Waals surface area contributed by atoms with Crippen molar-refractivity contribution in [3.8, 4) is 11.5 Å². The first-order valence-electron chi connectivity index (χ1n) is 13.6. The predicted molar refractivity (Wildman–Crippen MR) is 132 cm³/mol. The van der Waals surface area contributed by atoms with Crippen LogP contribution in [0.25, 0.3) is 0 Å². The minimum absolute atomic E-state index is 0.0122. The van der Waals surface area contributed by atoms with Crippen molar-refractivity contribution < 1.29 is 19.1 Å². The molecule has 33 heavy (non-hydrogen) atoms. The van der Waals surface area contributed by atoms with E-state index in [1.165, 1.54) is 57.8 Å². The van der Waals surface area contributed by atoms with Gasteiger partial charge in [-0.05, 0) is 87.0 Å². The van der Waals surface area contributed by atoms with Gasteiger partial charge < -0.3 is 9.47 Å². The van der Waals surface area contributed by atoms with Crippen molar-refractivity contribution in [3.05, 3.63) is 24.3 Å². The zero-order valence-corrected chi connectivity index (χ0v) is 20.9. The number of carbonyl (C=O) groups excluding carboxylic acids is 2. The number of benzene rings is 1. The molecule has 2 aliphatic carbocycles. The zero-order chi connectivity index (χ0) is 23.5. The Bertz CT molecular complexity index is 710. The first kappa shape index (κ1) is 25.8. The molecule has 0 heterocycles. The Morgan fingerprint density at radius 3 is 1.88 bits per heavy atom. The molecule has 0 bridgehead atoms. The van der Waals surface area contributed by atoms with Crippen molar-refractivity contribution in [2.24, 2.45) is 23.7 Å². The molecule has 0 spiro atoms. The van der Waals surface area contributed by atoms with Crippen LogP contribution >= 0.6 is 0 Å². The maximum Gasteiger partial charge on any atom is 0.314 e. The van der Waals surface area contributed by atoms with Gasteiger partial charge in [0.1, 0.15) is 11.5 Å². The van der Waals surface area contributed by atoms with Crippen molar-refractivity contribution in [1.82, 2.24) is 0 Å². The third-order valence-corrected chi connectivity index (χ3v) is 7.86. The number of hydrogen-bond acceptors (Lipinski definition) is 4. The summed E-state index contributed by atoms with van der Waals surface area (Å²) in [6.45, 7) is 4.23. The van der Waals surface area contributed by atoms with Gasteiger partial charge in [0.25, 0.3) is 0 Å². The molecule has 0 radical (unpaired) electrons. The molecular formula is C29H44O4. The van der Waals surface area contributed by atoms with Crippen LogP contribution in [-0.2, 0) is 9.59 Å². The topological polar surface area (TPSA) is 52.6 Å². The van der Waals surface area contributed by atoms with Gasteiger partial charge in [-0.2, -0.15) is 0 Å². The second kappa shape index (κ2) is 13.8. The third kappa shape index (κ3) is 8.46. The van der Waals surface area contributed by atoms with E-state index in [0.717, 1.165) is 49.9 Å². The zero-order valence-electron chi connectivity index (χ0n) is 20.9. The molecule has 0 amide bonds. The number of hydrogen-bond donors (Lipinski definition) is 0. The molecule has 0 N–H and O–H groups in total. The lowest BCUT2D eigenvalue weighted by Crippen LogP contribution is -2.30. The van der Waals surface area contributed by atoms with Gasteiger partial charge in [0.15, 0.2) is 0 Å². The van der Waals surface area contributed by atoms with Crippen LogP contribution in [0.1, 0.15) is 110 Å². The molecule has 1 aromatic carbocycles. The lowest BCUT2D eigenvalue weighted by atomic mass is 9.68.